The van der Waals surface area contributed by atoms with Crippen LogP contribution in [0.3, 0.4) is 0 Å². The molecule has 2 rings (SSSR count). The SMILES string of the molecule is CC1CN/C(=C/C(=O)c2ccc([N+](=O)[O-])cc2)C(=O)N1. The van der Waals surface area contributed by atoms with Gasteiger partial charge in [0.1, 0.15) is 5.70 Å². The number of carbonyl (C=O) groups is 2. The topological polar surface area (TPSA) is 101 Å². The Morgan fingerprint density at radius 2 is 2.05 bits per heavy atom. The van der Waals surface area contributed by atoms with Crippen LogP contribution in [0.4, 0.5) is 5.69 Å². The second-order valence-corrected chi connectivity index (χ2v) is 4.48. The number of benzene rings is 1. The van der Waals surface area contributed by atoms with Crippen molar-refractivity contribution in [1.82, 2.24) is 10.6 Å². The molecule has 0 spiro atoms. The molecule has 1 aromatic carbocycles. The minimum atomic E-state index is -0.537. The third-order valence-corrected chi connectivity index (χ3v) is 2.86. The Kier molecular flexibility index (Phi) is 3.79. The largest absolute Gasteiger partial charge is 0.378 e. The maximum absolute atomic E-state index is 12.0. The number of ketones is 1. The van der Waals surface area contributed by atoms with E-state index < -0.39 is 4.92 Å². The second-order valence-electron chi connectivity index (χ2n) is 4.48. The molecular formula is C13H13N3O4. The van der Waals surface area contributed by atoms with Crippen molar-refractivity contribution >= 4 is 17.4 Å². The van der Waals surface area contributed by atoms with E-state index in [1.54, 1.807) is 0 Å². The molecule has 0 radical (unpaired) electrons. The van der Waals surface area contributed by atoms with E-state index in [2.05, 4.69) is 10.6 Å². The molecule has 0 aromatic heterocycles. The third-order valence-electron chi connectivity index (χ3n) is 2.86. The molecule has 0 bridgehead atoms. The number of hydrogen-bond acceptors (Lipinski definition) is 5. The minimum absolute atomic E-state index is 0.00845. The number of amides is 1. The minimum Gasteiger partial charge on any atom is -0.378 e. The highest BCUT2D eigenvalue weighted by molar-refractivity contribution is 6.09. The van der Waals surface area contributed by atoms with Crippen LogP contribution < -0.4 is 10.6 Å². The van der Waals surface area contributed by atoms with E-state index in [-0.39, 0.29) is 34.7 Å². The van der Waals surface area contributed by atoms with Gasteiger partial charge in [-0.3, -0.25) is 19.7 Å². The normalized spacial score (nSPS) is 20.1. The van der Waals surface area contributed by atoms with Crippen LogP contribution in [-0.2, 0) is 4.79 Å². The number of nitrogens with zero attached hydrogens (tertiary/aromatic N) is 1. The lowest BCUT2D eigenvalue weighted by Crippen LogP contribution is -2.49. The van der Waals surface area contributed by atoms with Gasteiger partial charge in [0.15, 0.2) is 5.78 Å². The van der Waals surface area contributed by atoms with Crippen molar-refractivity contribution in [2.75, 3.05) is 6.54 Å². The van der Waals surface area contributed by atoms with E-state index in [1.807, 2.05) is 6.92 Å². The van der Waals surface area contributed by atoms with Crippen LogP contribution in [-0.4, -0.2) is 29.2 Å². The molecule has 0 saturated carbocycles. The van der Waals surface area contributed by atoms with Crippen molar-refractivity contribution < 1.29 is 14.5 Å². The number of rotatable bonds is 3. The lowest BCUT2D eigenvalue weighted by Gasteiger charge is -2.23. The van der Waals surface area contributed by atoms with Gasteiger partial charge in [-0.25, -0.2) is 0 Å². The van der Waals surface area contributed by atoms with Crippen molar-refractivity contribution in [2.24, 2.45) is 0 Å². The monoisotopic (exact) mass is 275 g/mol. The van der Waals surface area contributed by atoms with Gasteiger partial charge < -0.3 is 10.6 Å². The van der Waals surface area contributed by atoms with Crippen LogP contribution in [0.1, 0.15) is 17.3 Å². The summed E-state index contributed by atoms with van der Waals surface area (Å²) in [5.74, 6) is -0.717. The van der Waals surface area contributed by atoms with Crippen LogP contribution in [0.2, 0.25) is 0 Å². The Morgan fingerprint density at radius 1 is 1.40 bits per heavy atom. The number of hydrogen-bond donors (Lipinski definition) is 2. The molecule has 1 fully saturated rings. The van der Waals surface area contributed by atoms with Gasteiger partial charge in [0.2, 0.25) is 0 Å². The first kappa shape index (κ1) is 13.7. The van der Waals surface area contributed by atoms with E-state index in [0.717, 1.165) is 0 Å². The molecule has 1 aliphatic heterocycles. The molecule has 104 valence electrons. The molecule has 1 heterocycles. The number of nitrogens with one attached hydrogen (secondary N) is 2. The zero-order valence-corrected chi connectivity index (χ0v) is 10.8. The molecule has 2 N–H and O–H groups in total. The molecule has 1 saturated heterocycles. The number of allylic oxidation sites excluding steroid dienone is 1. The van der Waals surface area contributed by atoms with Crippen molar-refractivity contribution in [2.45, 2.75) is 13.0 Å². The summed E-state index contributed by atoms with van der Waals surface area (Å²) in [5.41, 5.74) is 0.402. The molecule has 1 aliphatic rings. The summed E-state index contributed by atoms with van der Waals surface area (Å²) in [6, 6.07) is 5.24. The first-order valence-electron chi connectivity index (χ1n) is 6.02. The molecule has 0 aliphatic carbocycles. The van der Waals surface area contributed by atoms with Gasteiger partial charge in [-0.05, 0) is 19.1 Å². The fourth-order valence-corrected chi connectivity index (χ4v) is 1.77. The van der Waals surface area contributed by atoms with Gasteiger partial charge >= 0.3 is 0 Å². The van der Waals surface area contributed by atoms with Crippen molar-refractivity contribution in [3.63, 3.8) is 0 Å². The number of nitro benzene ring substituents is 1. The van der Waals surface area contributed by atoms with Crippen LogP contribution in [0.15, 0.2) is 36.0 Å². The predicted molar refractivity (Wildman–Crippen MR) is 71.1 cm³/mol. The smallest absolute Gasteiger partial charge is 0.269 e. The van der Waals surface area contributed by atoms with Gasteiger partial charge in [-0.1, -0.05) is 0 Å². The zero-order valence-electron chi connectivity index (χ0n) is 10.8. The summed E-state index contributed by atoms with van der Waals surface area (Å²) < 4.78 is 0. The van der Waals surface area contributed by atoms with Gasteiger partial charge in [0.05, 0.1) is 4.92 Å². The lowest BCUT2D eigenvalue weighted by atomic mass is 10.1. The zero-order chi connectivity index (χ0) is 14.7. The van der Waals surface area contributed by atoms with Crippen LogP contribution >= 0.6 is 0 Å². The number of non-ortho nitro benzene ring substituents is 1. The Morgan fingerprint density at radius 3 is 2.60 bits per heavy atom. The van der Waals surface area contributed by atoms with E-state index in [4.69, 9.17) is 0 Å². The molecule has 20 heavy (non-hydrogen) atoms. The Labute approximate surface area is 114 Å². The van der Waals surface area contributed by atoms with E-state index in [0.29, 0.717) is 6.54 Å². The van der Waals surface area contributed by atoms with E-state index in [1.165, 1.54) is 30.3 Å². The first-order chi connectivity index (χ1) is 9.47. The molecule has 1 unspecified atom stereocenters. The first-order valence-corrected chi connectivity index (χ1v) is 6.02. The summed E-state index contributed by atoms with van der Waals surface area (Å²) in [6.45, 7) is 2.39. The number of piperazine rings is 1. The summed E-state index contributed by atoms with van der Waals surface area (Å²) in [5, 5.41) is 16.1. The standard InChI is InChI=1S/C13H13N3O4/c1-8-7-14-11(13(18)15-8)6-12(17)9-2-4-10(5-3-9)16(19)20/h2-6,8,14H,7H2,1H3,(H,15,18)/b11-6+. The third kappa shape index (κ3) is 3.00. The summed E-state index contributed by atoms with van der Waals surface area (Å²) >= 11 is 0. The predicted octanol–water partition coefficient (Wildman–Crippen LogP) is 0.769. The van der Waals surface area contributed by atoms with Crippen LogP contribution in [0.5, 0.6) is 0 Å². The summed E-state index contributed by atoms with van der Waals surface area (Å²) in [6.07, 6.45) is 1.20. The number of nitro groups is 1. The van der Waals surface area contributed by atoms with Gasteiger partial charge in [0, 0.05) is 36.4 Å². The van der Waals surface area contributed by atoms with E-state index >= 15 is 0 Å². The summed E-state index contributed by atoms with van der Waals surface area (Å²) in [7, 11) is 0. The van der Waals surface area contributed by atoms with Crippen molar-refractivity contribution in [3.05, 3.63) is 51.7 Å². The number of carbonyl (C=O) groups excluding carboxylic acids is 2. The fourth-order valence-electron chi connectivity index (χ4n) is 1.77. The maximum Gasteiger partial charge on any atom is 0.269 e. The van der Waals surface area contributed by atoms with Crippen molar-refractivity contribution in [3.8, 4) is 0 Å². The molecule has 7 nitrogen and oxygen atoms in total. The summed E-state index contributed by atoms with van der Waals surface area (Å²) in [4.78, 5) is 33.6. The highest BCUT2D eigenvalue weighted by Gasteiger charge is 2.20. The fraction of sp³-hybridized carbons (Fsp3) is 0.231. The molecular weight excluding hydrogens is 262 g/mol. The van der Waals surface area contributed by atoms with E-state index in [9.17, 15) is 19.7 Å². The van der Waals surface area contributed by atoms with Gasteiger partial charge in [-0.2, -0.15) is 0 Å². The average molecular weight is 275 g/mol. The van der Waals surface area contributed by atoms with Crippen LogP contribution in [0.25, 0.3) is 0 Å². The maximum atomic E-state index is 12.0. The molecule has 1 aromatic rings. The second kappa shape index (κ2) is 5.52. The molecule has 7 heteroatoms. The average Bonchev–Trinajstić information content (AvgIpc) is 2.42. The highest BCUT2D eigenvalue weighted by atomic mass is 16.6. The Hall–Kier alpha value is -2.70. The lowest BCUT2D eigenvalue weighted by molar-refractivity contribution is -0.384. The molecule has 1 amide bonds. The van der Waals surface area contributed by atoms with Gasteiger partial charge in [0.25, 0.3) is 11.6 Å². The highest BCUT2D eigenvalue weighted by Crippen LogP contribution is 2.13. The van der Waals surface area contributed by atoms with Gasteiger partial charge in [-0.15, -0.1) is 0 Å². The molecule has 1 atom stereocenters. The van der Waals surface area contributed by atoms with Crippen LogP contribution in [0, 0.1) is 10.1 Å². The van der Waals surface area contributed by atoms with Crippen molar-refractivity contribution in [1.29, 1.82) is 0 Å². The quantitative estimate of drug-likeness (QED) is 0.367. The Bertz CT molecular complexity index is 592. The Balaban J connectivity index is 2.15.